The molecule has 5 nitrogen and oxygen atoms in total. The summed E-state index contributed by atoms with van der Waals surface area (Å²) in [5.41, 5.74) is 1.04. The highest BCUT2D eigenvalue weighted by atomic mass is 35.5. The van der Waals surface area contributed by atoms with Crippen LogP contribution in [-0.4, -0.2) is 40.3 Å². The molecule has 2 aromatic rings. The maximum atomic E-state index is 12.2. The van der Waals surface area contributed by atoms with Crippen molar-refractivity contribution in [3.05, 3.63) is 47.5 Å². The van der Waals surface area contributed by atoms with E-state index < -0.39 is 0 Å². The van der Waals surface area contributed by atoms with Crippen molar-refractivity contribution in [3.63, 3.8) is 0 Å². The fourth-order valence-electron chi connectivity index (χ4n) is 1.68. The molecule has 0 unspecified atom stereocenters. The lowest BCUT2D eigenvalue weighted by atomic mass is 10.2. The van der Waals surface area contributed by atoms with Gasteiger partial charge in [0.25, 0.3) is 0 Å². The van der Waals surface area contributed by atoms with E-state index >= 15 is 0 Å². The number of nitrogens with zero attached hydrogens (tertiary/aromatic N) is 3. The van der Waals surface area contributed by atoms with Crippen LogP contribution in [0.4, 0.5) is 5.13 Å². The van der Waals surface area contributed by atoms with Crippen molar-refractivity contribution in [3.8, 4) is 0 Å². The van der Waals surface area contributed by atoms with Gasteiger partial charge in [-0.25, -0.2) is 0 Å². The minimum atomic E-state index is 0.0424. The van der Waals surface area contributed by atoms with Crippen molar-refractivity contribution in [1.82, 2.24) is 15.1 Å². The predicted molar refractivity (Wildman–Crippen MR) is 97.2 cm³/mol. The van der Waals surface area contributed by atoms with Crippen molar-refractivity contribution in [2.75, 3.05) is 24.7 Å². The lowest BCUT2D eigenvalue weighted by molar-refractivity contribution is -0.127. The largest absolute Gasteiger partial charge is 0.357 e. The van der Waals surface area contributed by atoms with Gasteiger partial charge in [-0.05, 0) is 17.7 Å². The number of benzene rings is 1. The van der Waals surface area contributed by atoms with Crippen LogP contribution in [0.5, 0.6) is 0 Å². The Morgan fingerprint density at radius 2 is 2.17 bits per heavy atom. The summed E-state index contributed by atoms with van der Waals surface area (Å²) in [4.78, 5) is 13.9. The SMILES string of the molecule is C=CCNc1nnc(SCC(=O)N(C)Cc2ccc(Cl)cc2)s1. The fraction of sp³-hybridized carbons (Fsp3) is 0.267. The fourth-order valence-corrected chi connectivity index (χ4v) is 3.51. The van der Waals surface area contributed by atoms with Crippen LogP contribution in [-0.2, 0) is 11.3 Å². The van der Waals surface area contributed by atoms with Gasteiger partial charge in [0.15, 0.2) is 4.34 Å². The summed E-state index contributed by atoms with van der Waals surface area (Å²) in [5.74, 6) is 0.376. The number of hydrogen-bond acceptors (Lipinski definition) is 6. The molecule has 122 valence electrons. The molecule has 2 rings (SSSR count). The molecule has 0 saturated carbocycles. The normalized spacial score (nSPS) is 10.3. The number of rotatable bonds is 8. The van der Waals surface area contributed by atoms with Crippen molar-refractivity contribution in [2.24, 2.45) is 0 Å². The van der Waals surface area contributed by atoms with Gasteiger partial charge >= 0.3 is 0 Å². The van der Waals surface area contributed by atoms with Crippen LogP contribution < -0.4 is 5.32 Å². The average molecular weight is 369 g/mol. The number of anilines is 1. The van der Waals surface area contributed by atoms with E-state index in [1.807, 2.05) is 24.3 Å². The maximum absolute atomic E-state index is 12.2. The van der Waals surface area contributed by atoms with Crippen molar-refractivity contribution in [2.45, 2.75) is 10.9 Å². The number of thioether (sulfide) groups is 1. The Morgan fingerprint density at radius 1 is 1.43 bits per heavy atom. The minimum Gasteiger partial charge on any atom is -0.357 e. The highest BCUT2D eigenvalue weighted by Crippen LogP contribution is 2.25. The van der Waals surface area contributed by atoms with Gasteiger partial charge in [0.2, 0.25) is 11.0 Å². The second-order valence-corrected chi connectivity index (χ2v) is 7.34. The smallest absolute Gasteiger partial charge is 0.233 e. The molecule has 0 aliphatic carbocycles. The summed E-state index contributed by atoms with van der Waals surface area (Å²) in [6.07, 6.45) is 1.75. The quantitative estimate of drug-likeness (QED) is 0.570. The van der Waals surface area contributed by atoms with Crippen molar-refractivity contribution < 1.29 is 4.79 Å². The van der Waals surface area contributed by atoms with Gasteiger partial charge < -0.3 is 10.2 Å². The van der Waals surface area contributed by atoms with Gasteiger partial charge in [0, 0.05) is 25.2 Å². The topological polar surface area (TPSA) is 58.1 Å². The van der Waals surface area contributed by atoms with Gasteiger partial charge in [0.1, 0.15) is 0 Å². The summed E-state index contributed by atoms with van der Waals surface area (Å²) in [6.45, 7) is 4.83. The van der Waals surface area contributed by atoms with E-state index in [2.05, 4.69) is 22.1 Å². The van der Waals surface area contributed by atoms with Crippen molar-refractivity contribution >= 4 is 45.7 Å². The van der Waals surface area contributed by atoms with Crippen LogP contribution in [0.3, 0.4) is 0 Å². The molecule has 8 heteroatoms. The lowest BCUT2D eigenvalue weighted by Crippen LogP contribution is -2.27. The Morgan fingerprint density at radius 3 is 2.87 bits per heavy atom. The zero-order valence-electron chi connectivity index (χ0n) is 12.7. The van der Waals surface area contributed by atoms with Crippen LogP contribution in [0.2, 0.25) is 5.02 Å². The van der Waals surface area contributed by atoms with Crippen LogP contribution in [0.15, 0.2) is 41.3 Å². The summed E-state index contributed by atoms with van der Waals surface area (Å²) < 4.78 is 0.768. The number of carbonyl (C=O) groups excluding carboxylic acids is 1. The molecule has 0 spiro atoms. The molecule has 1 aromatic carbocycles. The Labute approximate surface area is 148 Å². The molecular formula is C15H17ClN4OS2. The second-order valence-electron chi connectivity index (χ2n) is 4.71. The summed E-state index contributed by atoms with van der Waals surface area (Å²) >= 11 is 8.68. The number of nitrogens with one attached hydrogen (secondary N) is 1. The van der Waals surface area contributed by atoms with E-state index in [4.69, 9.17) is 11.6 Å². The molecular weight excluding hydrogens is 352 g/mol. The zero-order valence-corrected chi connectivity index (χ0v) is 15.0. The van der Waals surface area contributed by atoms with Crippen LogP contribution in [0.1, 0.15) is 5.56 Å². The molecule has 1 amide bonds. The molecule has 23 heavy (non-hydrogen) atoms. The summed E-state index contributed by atoms with van der Waals surface area (Å²) in [6, 6.07) is 7.48. The first-order valence-corrected chi connectivity index (χ1v) is 9.06. The van der Waals surface area contributed by atoms with Gasteiger partial charge in [0.05, 0.1) is 5.75 Å². The van der Waals surface area contributed by atoms with Crippen molar-refractivity contribution in [1.29, 1.82) is 0 Å². The van der Waals surface area contributed by atoms with Crippen LogP contribution >= 0.6 is 34.7 Å². The Balaban J connectivity index is 1.80. The lowest BCUT2D eigenvalue weighted by Gasteiger charge is -2.16. The van der Waals surface area contributed by atoms with Gasteiger partial charge in [-0.15, -0.1) is 16.8 Å². The number of hydrogen-bond donors (Lipinski definition) is 1. The van der Waals surface area contributed by atoms with E-state index in [1.165, 1.54) is 23.1 Å². The molecule has 0 saturated heterocycles. The number of aromatic nitrogens is 2. The third kappa shape index (κ3) is 5.85. The number of halogens is 1. The molecule has 0 atom stereocenters. The summed E-state index contributed by atoms with van der Waals surface area (Å²) in [5, 5.41) is 12.5. The van der Waals surface area contributed by atoms with Gasteiger partial charge in [-0.1, -0.05) is 52.9 Å². The predicted octanol–water partition coefficient (Wildman–Crippen LogP) is 3.54. The molecule has 1 aromatic heterocycles. The van der Waals surface area contributed by atoms with E-state index in [9.17, 15) is 4.79 Å². The standard InChI is InChI=1S/C15H17ClN4OS2/c1-3-8-17-14-18-19-15(23-14)22-10-13(21)20(2)9-11-4-6-12(16)7-5-11/h3-7H,1,8-10H2,2H3,(H,17,18). The Kier molecular flexibility index (Phi) is 6.88. The molecule has 1 heterocycles. The first-order chi connectivity index (χ1) is 11.1. The van der Waals surface area contributed by atoms with E-state index in [0.29, 0.717) is 23.9 Å². The molecule has 0 bridgehead atoms. The number of amides is 1. The van der Waals surface area contributed by atoms with E-state index in [0.717, 1.165) is 15.0 Å². The summed E-state index contributed by atoms with van der Waals surface area (Å²) in [7, 11) is 1.79. The van der Waals surface area contributed by atoms with Crippen LogP contribution in [0, 0.1) is 0 Å². The molecule has 0 aliphatic rings. The van der Waals surface area contributed by atoms with Crippen LogP contribution in [0.25, 0.3) is 0 Å². The monoisotopic (exact) mass is 368 g/mol. The third-order valence-corrected chi connectivity index (χ3v) is 5.13. The first-order valence-electron chi connectivity index (χ1n) is 6.88. The third-order valence-electron chi connectivity index (χ3n) is 2.88. The van der Waals surface area contributed by atoms with E-state index in [-0.39, 0.29) is 5.91 Å². The second kappa shape index (κ2) is 8.90. The molecule has 0 radical (unpaired) electrons. The molecule has 1 N–H and O–H groups in total. The van der Waals surface area contributed by atoms with Gasteiger partial charge in [-0.2, -0.15) is 0 Å². The minimum absolute atomic E-state index is 0.0424. The zero-order chi connectivity index (χ0) is 16.7. The Bertz CT molecular complexity index is 660. The maximum Gasteiger partial charge on any atom is 0.233 e. The van der Waals surface area contributed by atoms with Gasteiger partial charge in [-0.3, -0.25) is 4.79 Å². The average Bonchev–Trinajstić information content (AvgIpc) is 3.00. The number of carbonyl (C=O) groups is 1. The molecule has 0 fully saturated rings. The first kappa shape index (κ1) is 17.8. The highest BCUT2D eigenvalue weighted by Gasteiger charge is 2.12. The molecule has 0 aliphatic heterocycles. The Hall–Kier alpha value is -1.57. The van der Waals surface area contributed by atoms with E-state index in [1.54, 1.807) is 18.0 Å². The highest BCUT2D eigenvalue weighted by molar-refractivity contribution is 8.01.